The topological polar surface area (TPSA) is 137 Å². The molecule has 0 bridgehead atoms. The monoisotopic (exact) mass is 420 g/mol. The summed E-state index contributed by atoms with van der Waals surface area (Å²) < 4.78 is 32.7. The van der Waals surface area contributed by atoms with E-state index >= 15 is 0 Å². The third kappa shape index (κ3) is 6.44. The maximum absolute atomic E-state index is 10.9. The van der Waals surface area contributed by atoms with Gasteiger partial charge in [0.05, 0.1) is 21.2 Å². The van der Waals surface area contributed by atoms with Crippen molar-refractivity contribution in [3.05, 3.63) is 82.9 Å². The van der Waals surface area contributed by atoms with Gasteiger partial charge in [-0.2, -0.15) is 10.2 Å². The molecule has 0 radical (unpaired) electrons. The number of rotatable bonds is 6. The summed E-state index contributed by atoms with van der Waals surface area (Å²) in [4.78, 5) is 9.87. The number of hydrogen-bond donors (Lipinski definition) is 1. The molecule has 9 nitrogen and oxygen atoms in total. The number of nitrogens with zero attached hydrogens (tertiary/aromatic N) is 3. The minimum atomic E-state index is -4.49. The van der Waals surface area contributed by atoms with Crippen molar-refractivity contribution >= 4 is 38.6 Å². The third-order valence-corrected chi connectivity index (χ3v) is 4.49. The van der Waals surface area contributed by atoms with E-state index in [9.17, 15) is 23.1 Å². The number of azo groups is 1. The second-order valence-corrected chi connectivity index (χ2v) is 7.00. The van der Waals surface area contributed by atoms with Gasteiger partial charge < -0.3 is 9.87 Å². The number of hydrogen-bond acceptors (Lipinski definition) is 8. The van der Waals surface area contributed by atoms with Crippen molar-refractivity contribution < 1.29 is 47.5 Å². The van der Waals surface area contributed by atoms with Gasteiger partial charge in [0.25, 0.3) is 5.69 Å². The van der Waals surface area contributed by atoms with E-state index in [1.54, 1.807) is 36.4 Å². The Morgan fingerprint density at radius 2 is 1.17 bits per heavy atom. The Balaban J connectivity index is 0.00000300. The van der Waals surface area contributed by atoms with Gasteiger partial charge in [-0.05, 0) is 60.7 Å². The van der Waals surface area contributed by atoms with Gasteiger partial charge in [0, 0.05) is 23.5 Å². The van der Waals surface area contributed by atoms with E-state index in [2.05, 4.69) is 15.5 Å². The Morgan fingerprint density at radius 1 is 0.759 bits per heavy atom. The van der Waals surface area contributed by atoms with E-state index in [4.69, 9.17) is 0 Å². The Labute approximate surface area is 188 Å². The van der Waals surface area contributed by atoms with E-state index in [0.717, 1.165) is 5.69 Å². The quantitative estimate of drug-likeness (QED) is 0.212. The number of non-ortho nitro benzene ring substituents is 1. The van der Waals surface area contributed by atoms with Crippen molar-refractivity contribution in [3.63, 3.8) is 0 Å². The van der Waals surface area contributed by atoms with Crippen LogP contribution in [0.15, 0.2) is 87.9 Å². The molecule has 3 aromatic rings. The number of nitro benzene ring substituents is 1. The van der Waals surface area contributed by atoms with Gasteiger partial charge in [0.1, 0.15) is 10.1 Å². The van der Waals surface area contributed by atoms with Crippen LogP contribution in [0.3, 0.4) is 0 Å². The van der Waals surface area contributed by atoms with Crippen LogP contribution < -0.4 is 34.9 Å². The van der Waals surface area contributed by atoms with Crippen LogP contribution in [0.2, 0.25) is 0 Å². The maximum atomic E-state index is 10.9. The molecule has 0 heterocycles. The van der Waals surface area contributed by atoms with Crippen LogP contribution in [0, 0.1) is 10.1 Å². The van der Waals surface area contributed by atoms with Gasteiger partial charge >= 0.3 is 29.6 Å². The predicted molar refractivity (Wildman–Crippen MR) is 101 cm³/mol. The van der Waals surface area contributed by atoms with E-state index in [0.29, 0.717) is 17.1 Å². The molecule has 1 N–H and O–H groups in total. The Morgan fingerprint density at radius 3 is 1.59 bits per heavy atom. The second kappa shape index (κ2) is 9.72. The number of anilines is 2. The first-order chi connectivity index (χ1) is 13.3. The van der Waals surface area contributed by atoms with Crippen molar-refractivity contribution in [1.29, 1.82) is 0 Å². The first-order valence-electron chi connectivity index (χ1n) is 7.90. The molecule has 3 aromatic carbocycles. The van der Waals surface area contributed by atoms with Crippen molar-refractivity contribution in [2.45, 2.75) is 4.90 Å². The largest absolute Gasteiger partial charge is 1.00 e. The normalized spacial score (nSPS) is 11.1. The molecule has 0 aromatic heterocycles. The van der Waals surface area contributed by atoms with Gasteiger partial charge in [-0.1, -0.05) is 0 Å². The summed E-state index contributed by atoms with van der Waals surface area (Å²) >= 11 is 0. The molecule has 142 valence electrons. The van der Waals surface area contributed by atoms with Crippen molar-refractivity contribution in [1.82, 2.24) is 0 Å². The first kappa shape index (κ1) is 22.7. The fourth-order valence-electron chi connectivity index (χ4n) is 2.24. The molecule has 0 aliphatic carbocycles. The minimum absolute atomic E-state index is 0. The first-order valence-corrected chi connectivity index (χ1v) is 9.31. The van der Waals surface area contributed by atoms with Crippen LogP contribution in [-0.4, -0.2) is 17.9 Å². The maximum Gasteiger partial charge on any atom is 1.00 e. The number of benzene rings is 3. The summed E-state index contributed by atoms with van der Waals surface area (Å²) in [5.41, 5.74) is 2.45. The zero-order valence-electron chi connectivity index (χ0n) is 15.2. The van der Waals surface area contributed by atoms with Gasteiger partial charge in [-0.3, -0.25) is 10.1 Å². The molecular formula is C18H13N4NaO5S. The molecular weight excluding hydrogens is 407 g/mol. The molecule has 0 saturated carbocycles. The number of nitrogens with one attached hydrogen (secondary N) is 1. The van der Waals surface area contributed by atoms with Crippen molar-refractivity contribution in [3.8, 4) is 0 Å². The summed E-state index contributed by atoms with van der Waals surface area (Å²) in [5, 5.41) is 21.8. The van der Waals surface area contributed by atoms with Gasteiger partial charge in [0.2, 0.25) is 0 Å². The SMILES string of the molecule is O=[N+]([O-])c1ccc(Nc2ccc(N=Nc3ccc(S(=O)(=O)[O-])cc3)cc2)cc1.[Na+]. The average molecular weight is 420 g/mol. The molecule has 0 saturated heterocycles. The average Bonchev–Trinajstić information content (AvgIpc) is 2.67. The van der Waals surface area contributed by atoms with E-state index in [-0.39, 0.29) is 40.1 Å². The van der Waals surface area contributed by atoms with E-state index in [1.807, 2.05) is 0 Å². The predicted octanol–water partition coefficient (Wildman–Crippen LogP) is 1.66. The smallest absolute Gasteiger partial charge is 0.744 e. The van der Waals surface area contributed by atoms with E-state index < -0.39 is 15.0 Å². The summed E-state index contributed by atoms with van der Waals surface area (Å²) in [7, 11) is -4.49. The van der Waals surface area contributed by atoms with Gasteiger partial charge in [-0.15, -0.1) is 0 Å². The van der Waals surface area contributed by atoms with E-state index in [1.165, 1.54) is 36.4 Å². The van der Waals surface area contributed by atoms with Crippen LogP contribution >= 0.6 is 0 Å². The molecule has 0 amide bonds. The minimum Gasteiger partial charge on any atom is -0.744 e. The molecule has 3 rings (SSSR count). The molecule has 0 aliphatic heterocycles. The van der Waals surface area contributed by atoms with Gasteiger partial charge in [-0.25, -0.2) is 8.42 Å². The molecule has 0 fully saturated rings. The Bertz CT molecular complexity index is 1120. The third-order valence-electron chi connectivity index (χ3n) is 3.64. The summed E-state index contributed by atoms with van der Waals surface area (Å²) in [6, 6.07) is 18.1. The zero-order valence-corrected chi connectivity index (χ0v) is 18.0. The fraction of sp³-hybridized carbons (Fsp3) is 0. The molecule has 0 aliphatic rings. The second-order valence-electron chi connectivity index (χ2n) is 5.62. The zero-order chi connectivity index (χ0) is 20.1. The van der Waals surface area contributed by atoms with Crippen LogP contribution in [0.25, 0.3) is 0 Å². The molecule has 0 unspecified atom stereocenters. The van der Waals surface area contributed by atoms with Crippen LogP contribution in [0.5, 0.6) is 0 Å². The van der Waals surface area contributed by atoms with Crippen LogP contribution in [0.1, 0.15) is 0 Å². The molecule has 11 heteroatoms. The summed E-state index contributed by atoms with van der Waals surface area (Å²) in [5.74, 6) is 0. The van der Waals surface area contributed by atoms with Crippen molar-refractivity contribution in [2.24, 2.45) is 10.2 Å². The summed E-state index contributed by atoms with van der Waals surface area (Å²) in [6.45, 7) is 0. The Kier molecular flexibility index (Phi) is 7.59. The molecule has 0 atom stereocenters. The molecule has 29 heavy (non-hydrogen) atoms. The molecule has 0 spiro atoms. The standard InChI is InChI=1S/C18H14N4O5S.Na/c23-22(24)17-9-5-14(6-10-17)19-13-1-3-15(4-2-13)20-21-16-7-11-18(12-8-16)28(25,26)27;/h1-12,19H,(H,25,26,27);/q;+1/p-1. The van der Waals surface area contributed by atoms with Crippen LogP contribution in [-0.2, 0) is 10.1 Å². The number of nitro groups is 1. The van der Waals surface area contributed by atoms with Crippen LogP contribution in [0.4, 0.5) is 28.4 Å². The van der Waals surface area contributed by atoms with Gasteiger partial charge in [0.15, 0.2) is 0 Å². The summed E-state index contributed by atoms with van der Waals surface area (Å²) in [6.07, 6.45) is 0. The Hall–Kier alpha value is -2.63. The fourth-order valence-corrected chi connectivity index (χ4v) is 2.71. The van der Waals surface area contributed by atoms with Crippen molar-refractivity contribution in [2.75, 3.05) is 5.32 Å².